The van der Waals surface area contributed by atoms with Crippen LogP contribution in [0.25, 0.3) is 0 Å². The number of aryl methyl sites for hydroxylation is 1. The smallest absolute Gasteiger partial charge is 0.340 e. The predicted molar refractivity (Wildman–Crippen MR) is 113 cm³/mol. The van der Waals surface area contributed by atoms with Gasteiger partial charge in [-0.3, -0.25) is 0 Å². The topological polar surface area (TPSA) is 49.8 Å². The molecule has 0 fully saturated rings. The van der Waals surface area contributed by atoms with Crippen LogP contribution in [-0.4, -0.2) is 9.97 Å². The Hall–Kier alpha value is -2.36. The van der Waals surface area contributed by atoms with Gasteiger partial charge in [0.05, 0.1) is 0 Å². The number of halogens is 4. The average molecular weight is 498 g/mol. The van der Waals surface area contributed by atoms with E-state index < -0.39 is 11.7 Å². The number of alkyl halides is 3. The van der Waals surface area contributed by atoms with Crippen LogP contribution in [0, 0.1) is 3.57 Å². The summed E-state index contributed by atoms with van der Waals surface area (Å²) in [7, 11) is 0. The molecule has 1 aromatic heterocycles. The van der Waals surface area contributed by atoms with Crippen LogP contribution in [0.5, 0.6) is 0 Å². The standard InChI is InChI=1S/C20H18F3IN4/c1-2-4-13-5-3-6-16(11-13)26-18-17(20(21,22)23)12-25-19(28-18)27-15-9-7-14(24)8-10-15/h3,5-12H,2,4H2,1H3,(H2,25,26,27,28). The van der Waals surface area contributed by atoms with Gasteiger partial charge in [0.2, 0.25) is 5.95 Å². The van der Waals surface area contributed by atoms with E-state index >= 15 is 0 Å². The van der Waals surface area contributed by atoms with E-state index in [9.17, 15) is 13.2 Å². The summed E-state index contributed by atoms with van der Waals surface area (Å²) in [4.78, 5) is 7.90. The van der Waals surface area contributed by atoms with E-state index in [4.69, 9.17) is 0 Å². The van der Waals surface area contributed by atoms with Crippen LogP contribution in [0.15, 0.2) is 54.7 Å². The minimum Gasteiger partial charge on any atom is -0.340 e. The first-order chi connectivity index (χ1) is 13.3. The summed E-state index contributed by atoms with van der Waals surface area (Å²) in [6.45, 7) is 2.05. The molecule has 0 aliphatic heterocycles. The molecule has 0 aliphatic rings. The van der Waals surface area contributed by atoms with E-state index in [0.717, 1.165) is 28.2 Å². The van der Waals surface area contributed by atoms with Gasteiger partial charge in [-0.1, -0.05) is 25.5 Å². The molecule has 3 rings (SSSR count). The number of hydrogen-bond donors (Lipinski definition) is 2. The zero-order valence-corrected chi connectivity index (χ0v) is 17.2. The maximum Gasteiger partial charge on any atom is 0.421 e. The molecule has 0 radical (unpaired) electrons. The Morgan fingerprint density at radius 2 is 1.75 bits per heavy atom. The second-order valence-corrected chi connectivity index (χ2v) is 7.41. The maximum absolute atomic E-state index is 13.4. The zero-order valence-electron chi connectivity index (χ0n) is 15.0. The molecule has 0 bridgehead atoms. The van der Waals surface area contributed by atoms with E-state index in [1.165, 1.54) is 0 Å². The highest BCUT2D eigenvalue weighted by Crippen LogP contribution is 2.35. The van der Waals surface area contributed by atoms with Gasteiger partial charge in [0.25, 0.3) is 0 Å². The van der Waals surface area contributed by atoms with Crippen LogP contribution < -0.4 is 10.6 Å². The Balaban J connectivity index is 1.92. The van der Waals surface area contributed by atoms with Gasteiger partial charge in [-0.05, 0) is 71.0 Å². The second-order valence-electron chi connectivity index (χ2n) is 6.16. The Kier molecular flexibility index (Phi) is 6.38. The summed E-state index contributed by atoms with van der Waals surface area (Å²) in [5.74, 6) is -0.203. The van der Waals surface area contributed by atoms with Crippen LogP contribution in [-0.2, 0) is 12.6 Å². The average Bonchev–Trinajstić information content (AvgIpc) is 2.63. The molecule has 8 heteroatoms. The minimum atomic E-state index is -4.56. The van der Waals surface area contributed by atoms with Gasteiger partial charge < -0.3 is 10.6 Å². The summed E-state index contributed by atoms with van der Waals surface area (Å²) in [5, 5.41) is 5.74. The molecular formula is C20H18F3IN4. The van der Waals surface area contributed by atoms with Crippen molar-refractivity contribution in [3.05, 3.63) is 69.4 Å². The molecule has 0 amide bonds. The lowest BCUT2D eigenvalue weighted by atomic mass is 10.1. The lowest BCUT2D eigenvalue weighted by Gasteiger charge is -2.15. The molecule has 2 aromatic carbocycles. The fourth-order valence-corrected chi connectivity index (χ4v) is 3.00. The fraction of sp³-hybridized carbons (Fsp3) is 0.200. The Morgan fingerprint density at radius 1 is 1.00 bits per heavy atom. The molecule has 0 saturated heterocycles. The molecule has 0 atom stereocenters. The number of anilines is 4. The Bertz CT molecular complexity index is 943. The van der Waals surface area contributed by atoms with Crippen molar-refractivity contribution in [2.75, 3.05) is 10.6 Å². The molecule has 0 saturated carbocycles. The van der Waals surface area contributed by atoms with Crippen molar-refractivity contribution in [3.8, 4) is 0 Å². The minimum absolute atomic E-state index is 0.0846. The highest BCUT2D eigenvalue weighted by Gasteiger charge is 2.35. The summed E-state index contributed by atoms with van der Waals surface area (Å²) >= 11 is 2.17. The normalized spacial score (nSPS) is 11.3. The molecule has 28 heavy (non-hydrogen) atoms. The van der Waals surface area contributed by atoms with Crippen molar-refractivity contribution >= 4 is 45.7 Å². The highest BCUT2D eigenvalue weighted by molar-refractivity contribution is 14.1. The van der Waals surface area contributed by atoms with Gasteiger partial charge in [0, 0.05) is 21.1 Å². The van der Waals surface area contributed by atoms with Crippen molar-refractivity contribution in [3.63, 3.8) is 0 Å². The first-order valence-corrected chi connectivity index (χ1v) is 9.76. The van der Waals surface area contributed by atoms with Crippen LogP contribution in [0.1, 0.15) is 24.5 Å². The van der Waals surface area contributed by atoms with Crippen LogP contribution >= 0.6 is 22.6 Å². The number of aromatic nitrogens is 2. The molecule has 1 heterocycles. The number of benzene rings is 2. The van der Waals surface area contributed by atoms with Gasteiger partial charge in [-0.2, -0.15) is 18.2 Å². The van der Waals surface area contributed by atoms with Gasteiger partial charge in [0.1, 0.15) is 11.4 Å². The highest BCUT2D eigenvalue weighted by atomic mass is 127. The van der Waals surface area contributed by atoms with Crippen molar-refractivity contribution in [2.45, 2.75) is 25.9 Å². The van der Waals surface area contributed by atoms with E-state index in [0.29, 0.717) is 11.4 Å². The molecule has 4 nitrogen and oxygen atoms in total. The molecule has 0 aliphatic carbocycles. The largest absolute Gasteiger partial charge is 0.421 e. The first-order valence-electron chi connectivity index (χ1n) is 8.68. The first kappa shape index (κ1) is 20.4. The Morgan fingerprint density at radius 3 is 2.43 bits per heavy atom. The summed E-state index contributed by atoms with van der Waals surface area (Å²) < 4.78 is 41.3. The molecule has 0 spiro atoms. The van der Waals surface area contributed by atoms with Crippen molar-refractivity contribution in [2.24, 2.45) is 0 Å². The van der Waals surface area contributed by atoms with Crippen LogP contribution in [0.4, 0.5) is 36.3 Å². The lowest BCUT2D eigenvalue weighted by molar-refractivity contribution is -0.137. The third-order valence-electron chi connectivity index (χ3n) is 3.92. The van der Waals surface area contributed by atoms with Crippen LogP contribution in [0.2, 0.25) is 0 Å². The monoisotopic (exact) mass is 498 g/mol. The van der Waals surface area contributed by atoms with Crippen LogP contribution in [0.3, 0.4) is 0 Å². The van der Waals surface area contributed by atoms with Gasteiger partial charge in [-0.25, -0.2) is 4.98 Å². The maximum atomic E-state index is 13.4. The van der Waals surface area contributed by atoms with Gasteiger partial charge in [0.15, 0.2) is 0 Å². The summed E-state index contributed by atoms with van der Waals surface area (Å²) in [5.41, 5.74) is 1.38. The number of nitrogens with zero attached hydrogens (tertiary/aromatic N) is 2. The summed E-state index contributed by atoms with van der Waals surface area (Å²) in [6, 6.07) is 14.7. The molecule has 3 aromatic rings. The Labute approximate surface area is 174 Å². The lowest BCUT2D eigenvalue weighted by Crippen LogP contribution is -2.12. The van der Waals surface area contributed by atoms with Crippen molar-refractivity contribution in [1.29, 1.82) is 0 Å². The fourth-order valence-electron chi connectivity index (χ4n) is 2.64. The third-order valence-corrected chi connectivity index (χ3v) is 4.64. The second kappa shape index (κ2) is 8.76. The third kappa shape index (κ3) is 5.34. The van der Waals surface area contributed by atoms with E-state index in [1.807, 2.05) is 42.5 Å². The van der Waals surface area contributed by atoms with E-state index in [-0.39, 0.29) is 11.8 Å². The quantitative estimate of drug-likeness (QED) is 0.379. The van der Waals surface area contributed by atoms with Crippen molar-refractivity contribution in [1.82, 2.24) is 9.97 Å². The number of rotatable bonds is 6. The number of nitrogens with one attached hydrogen (secondary N) is 2. The molecule has 2 N–H and O–H groups in total. The predicted octanol–water partition coefficient (Wildman–Crippen LogP) is 6.54. The number of hydrogen-bond acceptors (Lipinski definition) is 4. The summed E-state index contributed by atoms with van der Waals surface area (Å²) in [6.07, 6.45) is -1.97. The molecular weight excluding hydrogens is 480 g/mol. The molecule has 0 unspecified atom stereocenters. The van der Waals surface area contributed by atoms with E-state index in [1.54, 1.807) is 6.07 Å². The van der Waals surface area contributed by atoms with Crippen molar-refractivity contribution < 1.29 is 13.2 Å². The van der Waals surface area contributed by atoms with E-state index in [2.05, 4.69) is 50.1 Å². The SMILES string of the molecule is CCCc1cccc(Nc2nc(Nc3ccc(I)cc3)ncc2C(F)(F)F)c1. The van der Waals surface area contributed by atoms with Gasteiger partial charge in [-0.15, -0.1) is 0 Å². The zero-order chi connectivity index (χ0) is 20.1. The molecule has 146 valence electrons. The van der Waals surface area contributed by atoms with Gasteiger partial charge >= 0.3 is 6.18 Å².